The van der Waals surface area contributed by atoms with E-state index in [2.05, 4.69) is 4.74 Å². The molecule has 0 aliphatic heterocycles. The lowest BCUT2D eigenvalue weighted by molar-refractivity contribution is -0.742. The van der Waals surface area contributed by atoms with Gasteiger partial charge in [0.15, 0.2) is 0 Å². The molecule has 0 radical (unpaired) electrons. The molecule has 1 aromatic carbocycles. The molecule has 1 unspecified atom stereocenters. The molecule has 3 N–H and O–H groups in total. The van der Waals surface area contributed by atoms with Gasteiger partial charge in [0.1, 0.15) is 6.04 Å². The predicted octanol–water partition coefficient (Wildman–Crippen LogP) is 0.382. The summed E-state index contributed by atoms with van der Waals surface area (Å²) in [6.45, 7) is 0. The molecule has 0 bridgehead atoms. The third-order valence-corrected chi connectivity index (χ3v) is 1.80. The van der Waals surface area contributed by atoms with Crippen LogP contribution in [0.15, 0.2) is 30.3 Å². The average molecular weight is 242 g/mol. The minimum atomic E-state index is -1.50. The minimum Gasteiger partial charge on any atom is -0.468 e. The van der Waals surface area contributed by atoms with Crippen molar-refractivity contribution in [2.45, 2.75) is 12.5 Å². The summed E-state index contributed by atoms with van der Waals surface area (Å²) in [5, 5.41) is 13.6. The van der Waals surface area contributed by atoms with Crippen LogP contribution in [0.1, 0.15) is 5.56 Å². The van der Waals surface area contributed by atoms with Gasteiger partial charge in [0.05, 0.1) is 7.11 Å². The lowest BCUT2D eigenvalue weighted by Gasteiger charge is -2.08. The summed E-state index contributed by atoms with van der Waals surface area (Å²) in [5.74, 6) is -0.371. The van der Waals surface area contributed by atoms with Gasteiger partial charge < -0.3 is 15.7 Å². The standard InChI is InChI=1S/C10H13NO2.HNO3/c1-13-10(12)9(11)7-8-5-3-2-4-6-8;2-1(3)4/h2-6,9H,7,11H2,1H3;(H,2,3,4). The molecule has 0 aliphatic carbocycles. The predicted molar refractivity (Wildman–Crippen MR) is 58.9 cm³/mol. The van der Waals surface area contributed by atoms with E-state index >= 15 is 0 Å². The van der Waals surface area contributed by atoms with E-state index in [4.69, 9.17) is 21.1 Å². The van der Waals surface area contributed by atoms with Gasteiger partial charge in [-0.1, -0.05) is 30.3 Å². The fourth-order valence-corrected chi connectivity index (χ4v) is 1.10. The van der Waals surface area contributed by atoms with Crippen LogP contribution in [0, 0.1) is 10.1 Å². The van der Waals surface area contributed by atoms with E-state index in [1.54, 1.807) is 0 Å². The van der Waals surface area contributed by atoms with E-state index < -0.39 is 11.1 Å². The number of rotatable bonds is 3. The van der Waals surface area contributed by atoms with E-state index in [0.717, 1.165) is 5.56 Å². The SMILES string of the molecule is COC(=O)C(N)Cc1ccccc1.O=[N+]([O-])O. The van der Waals surface area contributed by atoms with Gasteiger partial charge in [-0.15, -0.1) is 10.1 Å². The van der Waals surface area contributed by atoms with E-state index in [9.17, 15) is 4.79 Å². The molecule has 0 aromatic heterocycles. The highest BCUT2D eigenvalue weighted by atomic mass is 16.9. The van der Waals surface area contributed by atoms with Crippen molar-refractivity contribution in [3.63, 3.8) is 0 Å². The number of hydrogen-bond acceptors (Lipinski definition) is 5. The Morgan fingerprint density at radius 1 is 1.53 bits per heavy atom. The summed E-state index contributed by atoms with van der Waals surface area (Å²) in [5.41, 5.74) is 6.63. The number of benzene rings is 1. The van der Waals surface area contributed by atoms with Crippen molar-refractivity contribution in [1.82, 2.24) is 0 Å². The Morgan fingerprint density at radius 3 is 2.41 bits per heavy atom. The maximum Gasteiger partial charge on any atom is 0.322 e. The Balaban J connectivity index is 0.000000557. The zero-order chi connectivity index (χ0) is 13.3. The maximum atomic E-state index is 11.0. The van der Waals surface area contributed by atoms with Crippen LogP contribution in [0.25, 0.3) is 0 Å². The first-order valence-electron chi connectivity index (χ1n) is 4.68. The van der Waals surface area contributed by atoms with Crippen LogP contribution >= 0.6 is 0 Å². The maximum absolute atomic E-state index is 11.0. The van der Waals surface area contributed by atoms with Gasteiger partial charge >= 0.3 is 5.97 Å². The fraction of sp³-hybridized carbons (Fsp3) is 0.300. The van der Waals surface area contributed by atoms with Gasteiger partial charge in [0, 0.05) is 0 Å². The highest BCUT2D eigenvalue weighted by Crippen LogP contribution is 2.02. The largest absolute Gasteiger partial charge is 0.468 e. The van der Waals surface area contributed by atoms with Crippen LogP contribution < -0.4 is 5.73 Å². The summed E-state index contributed by atoms with van der Waals surface area (Å²) in [6.07, 6.45) is 0.521. The van der Waals surface area contributed by atoms with Crippen LogP contribution in [0.3, 0.4) is 0 Å². The number of methoxy groups -OCH3 is 1. The van der Waals surface area contributed by atoms with Gasteiger partial charge in [-0.2, -0.15) is 0 Å². The first-order chi connectivity index (χ1) is 7.97. The Morgan fingerprint density at radius 2 is 2.00 bits per heavy atom. The summed E-state index contributed by atoms with van der Waals surface area (Å²) >= 11 is 0. The number of carbonyl (C=O) groups excluding carboxylic acids is 1. The molecule has 7 heteroatoms. The number of esters is 1. The zero-order valence-corrected chi connectivity index (χ0v) is 9.28. The number of carbonyl (C=O) groups is 1. The summed E-state index contributed by atoms with van der Waals surface area (Å²) in [6, 6.07) is 9.06. The van der Waals surface area contributed by atoms with Crippen molar-refractivity contribution in [3.8, 4) is 0 Å². The second-order valence-corrected chi connectivity index (χ2v) is 3.06. The van der Waals surface area contributed by atoms with E-state index in [1.807, 2.05) is 30.3 Å². The highest BCUT2D eigenvalue weighted by molar-refractivity contribution is 5.75. The van der Waals surface area contributed by atoms with Crippen LogP contribution in [0.2, 0.25) is 0 Å². The molecule has 0 amide bonds. The second-order valence-electron chi connectivity index (χ2n) is 3.06. The number of nitrogens with two attached hydrogens (primary N) is 1. The van der Waals surface area contributed by atoms with Gasteiger partial charge in [-0.05, 0) is 12.0 Å². The number of nitrogens with zero attached hydrogens (tertiary/aromatic N) is 1. The van der Waals surface area contributed by atoms with Crippen molar-refractivity contribution in [1.29, 1.82) is 0 Å². The van der Waals surface area contributed by atoms with Crippen LogP contribution in [-0.4, -0.2) is 29.4 Å². The van der Waals surface area contributed by atoms with Crippen molar-refractivity contribution < 1.29 is 19.8 Å². The van der Waals surface area contributed by atoms with Crippen molar-refractivity contribution in [3.05, 3.63) is 46.0 Å². The molecule has 0 saturated carbocycles. The van der Waals surface area contributed by atoms with Gasteiger partial charge in [-0.3, -0.25) is 4.79 Å². The summed E-state index contributed by atoms with van der Waals surface area (Å²) < 4.78 is 4.52. The van der Waals surface area contributed by atoms with Gasteiger partial charge in [0.2, 0.25) is 0 Å². The van der Waals surface area contributed by atoms with E-state index in [1.165, 1.54) is 7.11 Å². The summed E-state index contributed by atoms with van der Waals surface area (Å²) in [7, 11) is 1.34. The number of hydrogen-bond donors (Lipinski definition) is 2. The van der Waals surface area contributed by atoms with E-state index in [0.29, 0.717) is 6.42 Å². The topological polar surface area (TPSA) is 116 Å². The Kier molecular flexibility index (Phi) is 7.04. The summed E-state index contributed by atoms with van der Waals surface area (Å²) in [4.78, 5) is 19.3. The Bertz CT molecular complexity index is 351. The molecular weight excluding hydrogens is 228 g/mol. The Hall–Kier alpha value is -2.15. The molecule has 94 valence electrons. The molecule has 7 nitrogen and oxygen atoms in total. The monoisotopic (exact) mass is 242 g/mol. The smallest absolute Gasteiger partial charge is 0.322 e. The lowest BCUT2D eigenvalue weighted by Crippen LogP contribution is -2.33. The average Bonchev–Trinajstić information content (AvgIpc) is 2.28. The molecule has 0 spiro atoms. The van der Waals surface area contributed by atoms with Crippen LogP contribution in [0.5, 0.6) is 0 Å². The quantitative estimate of drug-likeness (QED) is 0.449. The van der Waals surface area contributed by atoms with Crippen molar-refractivity contribution in [2.75, 3.05) is 7.11 Å². The highest BCUT2D eigenvalue weighted by Gasteiger charge is 2.13. The third-order valence-electron chi connectivity index (χ3n) is 1.80. The molecule has 0 aliphatic rings. The van der Waals surface area contributed by atoms with Gasteiger partial charge in [-0.25, -0.2) is 0 Å². The first-order valence-corrected chi connectivity index (χ1v) is 4.68. The number of ether oxygens (including phenoxy) is 1. The minimum absolute atomic E-state index is 0.371. The van der Waals surface area contributed by atoms with Gasteiger partial charge in [0.25, 0.3) is 5.09 Å². The molecule has 1 atom stereocenters. The normalized spacial score (nSPS) is 10.7. The first kappa shape index (κ1) is 14.8. The zero-order valence-electron chi connectivity index (χ0n) is 9.28. The second kappa shape index (κ2) is 8.05. The van der Waals surface area contributed by atoms with E-state index in [-0.39, 0.29) is 5.97 Å². The molecule has 0 fully saturated rings. The van der Waals surface area contributed by atoms with Crippen molar-refractivity contribution >= 4 is 5.97 Å². The van der Waals surface area contributed by atoms with Crippen molar-refractivity contribution in [2.24, 2.45) is 5.73 Å². The molecule has 0 saturated heterocycles. The molecule has 17 heavy (non-hydrogen) atoms. The molecule has 1 aromatic rings. The van der Waals surface area contributed by atoms with Crippen LogP contribution in [0.4, 0.5) is 0 Å². The molecular formula is C10H14N2O5. The molecule has 1 rings (SSSR count). The third kappa shape index (κ3) is 7.74. The fourth-order valence-electron chi connectivity index (χ4n) is 1.10. The lowest BCUT2D eigenvalue weighted by atomic mass is 10.1. The van der Waals surface area contributed by atoms with Crippen LogP contribution in [-0.2, 0) is 16.0 Å². The molecule has 0 heterocycles. The Labute approximate surface area is 97.9 Å².